The molecular weight excluding hydrogens is 124 g/mol. The van der Waals surface area contributed by atoms with Crippen molar-refractivity contribution in [3.8, 4) is 0 Å². The number of esters is 1. The molecule has 0 bridgehead atoms. The number of methoxy groups -OCH3 is 1. The molecule has 0 aromatic carbocycles. The van der Waals surface area contributed by atoms with Gasteiger partial charge in [0.15, 0.2) is 0 Å². The molecular formula is C4H6N2O3. The van der Waals surface area contributed by atoms with Crippen molar-refractivity contribution >= 4 is 18.6 Å². The summed E-state index contributed by atoms with van der Waals surface area (Å²) in [6.07, 6.45) is 1.20. The molecule has 0 unspecified atom stereocenters. The SMILES string of the molecule is COC(=O)C=NNC=O. The zero-order valence-electron chi connectivity index (χ0n) is 4.83. The number of hydrazone groups is 1. The molecule has 0 heterocycles. The van der Waals surface area contributed by atoms with Crippen LogP contribution in [0.3, 0.4) is 0 Å². The van der Waals surface area contributed by atoms with Gasteiger partial charge in [0.2, 0.25) is 6.41 Å². The molecule has 0 aliphatic heterocycles. The monoisotopic (exact) mass is 130 g/mol. The summed E-state index contributed by atoms with van der Waals surface area (Å²) >= 11 is 0. The van der Waals surface area contributed by atoms with Crippen molar-refractivity contribution < 1.29 is 14.3 Å². The summed E-state index contributed by atoms with van der Waals surface area (Å²) in [7, 11) is 1.22. The van der Waals surface area contributed by atoms with Gasteiger partial charge >= 0.3 is 5.97 Å². The molecule has 0 aliphatic rings. The second-order valence-electron chi connectivity index (χ2n) is 1.03. The number of amides is 1. The van der Waals surface area contributed by atoms with Gasteiger partial charge in [-0.1, -0.05) is 0 Å². The van der Waals surface area contributed by atoms with Gasteiger partial charge in [0, 0.05) is 0 Å². The first-order valence-electron chi connectivity index (χ1n) is 2.11. The smallest absolute Gasteiger partial charge is 0.350 e. The summed E-state index contributed by atoms with van der Waals surface area (Å²) in [6, 6.07) is 0. The van der Waals surface area contributed by atoms with E-state index in [9.17, 15) is 9.59 Å². The third-order valence-corrected chi connectivity index (χ3v) is 0.498. The molecule has 0 saturated carbocycles. The van der Waals surface area contributed by atoms with E-state index in [-0.39, 0.29) is 0 Å². The number of hydrogen-bond donors (Lipinski definition) is 1. The minimum atomic E-state index is -0.607. The Balaban J connectivity index is 3.43. The Labute approximate surface area is 51.7 Å². The highest BCUT2D eigenvalue weighted by molar-refractivity contribution is 6.23. The Hall–Kier alpha value is -1.39. The lowest BCUT2D eigenvalue weighted by atomic mass is 10.8. The van der Waals surface area contributed by atoms with Crippen LogP contribution in [0.1, 0.15) is 0 Å². The van der Waals surface area contributed by atoms with Crippen molar-refractivity contribution in [2.24, 2.45) is 5.10 Å². The molecule has 0 fully saturated rings. The van der Waals surface area contributed by atoms with Crippen LogP contribution in [0.25, 0.3) is 0 Å². The van der Waals surface area contributed by atoms with Crippen LogP contribution in [-0.4, -0.2) is 25.7 Å². The normalized spacial score (nSPS) is 9.00. The molecule has 1 amide bonds. The molecule has 0 aromatic rings. The maximum Gasteiger partial charge on any atom is 0.350 e. The molecule has 0 rings (SSSR count). The molecule has 9 heavy (non-hydrogen) atoms. The molecule has 5 heteroatoms. The van der Waals surface area contributed by atoms with Crippen LogP contribution in [0.2, 0.25) is 0 Å². The van der Waals surface area contributed by atoms with Crippen molar-refractivity contribution in [1.82, 2.24) is 5.43 Å². The van der Waals surface area contributed by atoms with E-state index < -0.39 is 5.97 Å². The van der Waals surface area contributed by atoms with E-state index in [2.05, 4.69) is 9.84 Å². The minimum Gasteiger partial charge on any atom is -0.465 e. The van der Waals surface area contributed by atoms with Crippen molar-refractivity contribution in [2.45, 2.75) is 0 Å². The number of nitrogens with one attached hydrogen (secondary N) is 1. The van der Waals surface area contributed by atoms with Crippen molar-refractivity contribution in [3.05, 3.63) is 0 Å². The van der Waals surface area contributed by atoms with E-state index in [1.807, 2.05) is 5.43 Å². The zero-order valence-corrected chi connectivity index (χ0v) is 4.83. The first kappa shape index (κ1) is 7.61. The molecule has 0 aromatic heterocycles. The average Bonchev–Trinajstić information content (AvgIpc) is 1.89. The van der Waals surface area contributed by atoms with Crippen molar-refractivity contribution in [2.75, 3.05) is 7.11 Å². The first-order valence-corrected chi connectivity index (χ1v) is 2.11. The highest BCUT2D eigenvalue weighted by atomic mass is 16.5. The minimum absolute atomic E-state index is 0.347. The molecule has 50 valence electrons. The number of rotatable bonds is 3. The molecule has 0 aliphatic carbocycles. The Bertz CT molecular complexity index is 132. The second kappa shape index (κ2) is 4.76. The lowest BCUT2D eigenvalue weighted by molar-refractivity contribution is -0.132. The number of hydrogen-bond acceptors (Lipinski definition) is 4. The Kier molecular flexibility index (Phi) is 4.03. The van der Waals surface area contributed by atoms with Gasteiger partial charge in [-0.2, -0.15) is 5.10 Å². The molecule has 0 saturated heterocycles. The number of carbonyl (C=O) groups is 2. The van der Waals surface area contributed by atoms with E-state index in [4.69, 9.17) is 0 Å². The fourth-order valence-corrected chi connectivity index (χ4v) is 0.173. The van der Waals surface area contributed by atoms with Crippen LogP contribution in [-0.2, 0) is 14.3 Å². The van der Waals surface area contributed by atoms with E-state index in [0.717, 1.165) is 6.21 Å². The summed E-state index contributed by atoms with van der Waals surface area (Å²) in [5.41, 5.74) is 1.90. The summed E-state index contributed by atoms with van der Waals surface area (Å²) in [5, 5.41) is 3.14. The number of ether oxygens (including phenoxy) is 1. The highest BCUT2D eigenvalue weighted by Crippen LogP contribution is 1.63. The predicted molar refractivity (Wildman–Crippen MR) is 29.7 cm³/mol. The van der Waals surface area contributed by atoms with Gasteiger partial charge in [0.05, 0.1) is 7.11 Å². The van der Waals surface area contributed by atoms with Crippen LogP contribution in [0, 0.1) is 0 Å². The highest BCUT2D eigenvalue weighted by Gasteiger charge is 1.88. The maximum absolute atomic E-state index is 10.2. The average molecular weight is 130 g/mol. The van der Waals surface area contributed by atoms with Gasteiger partial charge < -0.3 is 4.74 Å². The van der Waals surface area contributed by atoms with E-state index >= 15 is 0 Å². The van der Waals surface area contributed by atoms with Gasteiger partial charge in [0.1, 0.15) is 6.21 Å². The summed E-state index contributed by atoms with van der Waals surface area (Å²) in [4.78, 5) is 19.7. The summed E-state index contributed by atoms with van der Waals surface area (Å²) < 4.78 is 4.15. The molecule has 5 nitrogen and oxygen atoms in total. The van der Waals surface area contributed by atoms with Gasteiger partial charge in [-0.25, -0.2) is 10.2 Å². The largest absolute Gasteiger partial charge is 0.465 e. The standard InChI is InChI=1S/C4H6N2O3/c1-9-4(8)2-5-6-3-7/h2-3H,1H3,(H,6,7). The molecule has 1 N–H and O–H groups in total. The van der Waals surface area contributed by atoms with Gasteiger partial charge in [-0.15, -0.1) is 0 Å². The Morgan fingerprint density at radius 3 is 2.89 bits per heavy atom. The lowest BCUT2D eigenvalue weighted by Gasteiger charge is -1.86. The third kappa shape index (κ3) is 4.46. The molecule has 0 radical (unpaired) electrons. The lowest BCUT2D eigenvalue weighted by Crippen LogP contribution is -2.07. The number of nitrogens with zero attached hydrogens (tertiary/aromatic N) is 1. The Morgan fingerprint density at radius 1 is 1.78 bits per heavy atom. The summed E-state index contributed by atoms with van der Waals surface area (Å²) in [5.74, 6) is -0.607. The van der Waals surface area contributed by atoms with Crippen LogP contribution in [0.5, 0.6) is 0 Å². The van der Waals surface area contributed by atoms with Gasteiger partial charge in [-0.05, 0) is 0 Å². The number of carbonyl (C=O) groups excluding carboxylic acids is 2. The van der Waals surface area contributed by atoms with E-state index in [1.54, 1.807) is 0 Å². The van der Waals surface area contributed by atoms with Gasteiger partial charge in [0.25, 0.3) is 0 Å². The molecule has 0 spiro atoms. The van der Waals surface area contributed by atoms with E-state index in [0.29, 0.717) is 6.41 Å². The summed E-state index contributed by atoms with van der Waals surface area (Å²) in [6.45, 7) is 0. The molecule has 0 atom stereocenters. The topological polar surface area (TPSA) is 67.8 Å². The maximum atomic E-state index is 10.2. The van der Waals surface area contributed by atoms with Crippen LogP contribution in [0.15, 0.2) is 5.10 Å². The fourth-order valence-electron chi connectivity index (χ4n) is 0.173. The van der Waals surface area contributed by atoms with Crippen LogP contribution >= 0.6 is 0 Å². The van der Waals surface area contributed by atoms with Crippen molar-refractivity contribution in [3.63, 3.8) is 0 Å². The fraction of sp³-hybridized carbons (Fsp3) is 0.250. The van der Waals surface area contributed by atoms with E-state index in [1.165, 1.54) is 7.11 Å². The zero-order chi connectivity index (χ0) is 7.11. The van der Waals surface area contributed by atoms with Crippen LogP contribution < -0.4 is 5.43 Å². The third-order valence-electron chi connectivity index (χ3n) is 0.498. The quantitative estimate of drug-likeness (QED) is 0.228. The van der Waals surface area contributed by atoms with Crippen LogP contribution in [0.4, 0.5) is 0 Å². The van der Waals surface area contributed by atoms with Crippen molar-refractivity contribution in [1.29, 1.82) is 0 Å². The second-order valence-corrected chi connectivity index (χ2v) is 1.03. The Morgan fingerprint density at radius 2 is 2.44 bits per heavy atom. The predicted octanol–water partition coefficient (Wildman–Crippen LogP) is -1.11. The van der Waals surface area contributed by atoms with Gasteiger partial charge in [-0.3, -0.25) is 4.79 Å². The first-order chi connectivity index (χ1) is 4.31.